The van der Waals surface area contributed by atoms with Gasteiger partial charge in [0.05, 0.1) is 16.8 Å². The molecule has 19 heavy (non-hydrogen) atoms. The molecule has 0 unspecified atom stereocenters. The van der Waals surface area contributed by atoms with E-state index in [-0.39, 0.29) is 5.69 Å². The fourth-order valence-corrected chi connectivity index (χ4v) is 1.73. The Morgan fingerprint density at radius 2 is 1.89 bits per heavy atom. The van der Waals surface area contributed by atoms with E-state index < -0.39 is 17.6 Å². The highest BCUT2D eigenvalue weighted by Gasteiger charge is 2.33. The van der Waals surface area contributed by atoms with Crippen molar-refractivity contribution in [3.05, 3.63) is 53.3 Å². The largest absolute Gasteiger partial charge is 0.418 e. The van der Waals surface area contributed by atoms with E-state index >= 15 is 0 Å². The van der Waals surface area contributed by atoms with Gasteiger partial charge < -0.3 is 10.3 Å². The SMILES string of the molecule is Cc1[nH]ccc1C(=O)Nc1ccccc1C(F)(F)F. The summed E-state index contributed by atoms with van der Waals surface area (Å²) >= 11 is 0. The standard InChI is InChI=1S/C13H11F3N2O/c1-8-9(6-7-17-8)12(19)18-11-5-3-2-4-10(11)13(14,15)16/h2-7,17H,1H3,(H,18,19). The lowest BCUT2D eigenvalue weighted by Crippen LogP contribution is -2.16. The van der Waals surface area contributed by atoms with Gasteiger partial charge in [0.1, 0.15) is 0 Å². The average Bonchev–Trinajstić information content (AvgIpc) is 2.75. The summed E-state index contributed by atoms with van der Waals surface area (Å²) in [5.74, 6) is -0.574. The number of carbonyl (C=O) groups is 1. The summed E-state index contributed by atoms with van der Waals surface area (Å²) in [6, 6.07) is 6.39. The number of benzene rings is 1. The zero-order valence-corrected chi connectivity index (χ0v) is 10.0. The predicted octanol–water partition coefficient (Wildman–Crippen LogP) is 3.59. The van der Waals surface area contributed by atoms with Gasteiger partial charge >= 0.3 is 6.18 Å². The first-order valence-corrected chi connectivity index (χ1v) is 5.51. The minimum atomic E-state index is -4.50. The van der Waals surface area contributed by atoms with Crippen LogP contribution in [0.5, 0.6) is 0 Å². The zero-order valence-electron chi connectivity index (χ0n) is 10.0. The van der Waals surface area contributed by atoms with E-state index in [4.69, 9.17) is 0 Å². The molecule has 0 aliphatic carbocycles. The van der Waals surface area contributed by atoms with Crippen LogP contribution < -0.4 is 5.32 Å². The summed E-state index contributed by atoms with van der Waals surface area (Å²) in [6.45, 7) is 1.67. The third-order valence-electron chi connectivity index (χ3n) is 2.68. The molecule has 0 radical (unpaired) electrons. The summed E-state index contributed by atoms with van der Waals surface area (Å²) in [5, 5.41) is 2.28. The molecule has 0 spiro atoms. The van der Waals surface area contributed by atoms with Crippen molar-refractivity contribution in [3.63, 3.8) is 0 Å². The van der Waals surface area contributed by atoms with Crippen LogP contribution in [0.1, 0.15) is 21.6 Å². The van der Waals surface area contributed by atoms with Gasteiger partial charge in [-0.2, -0.15) is 13.2 Å². The Hall–Kier alpha value is -2.24. The lowest BCUT2D eigenvalue weighted by Gasteiger charge is -2.13. The molecule has 100 valence electrons. The van der Waals surface area contributed by atoms with Crippen LogP contribution in [0.15, 0.2) is 36.5 Å². The second kappa shape index (κ2) is 4.79. The summed E-state index contributed by atoms with van der Waals surface area (Å²) in [6.07, 6.45) is -2.95. The number of carbonyl (C=O) groups excluding carboxylic acids is 1. The van der Waals surface area contributed by atoms with Crippen LogP contribution in [0.25, 0.3) is 0 Å². The number of H-pyrrole nitrogens is 1. The first-order chi connectivity index (χ1) is 8.89. The number of alkyl halides is 3. The Bertz CT molecular complexity index is 602. The van der Waals surface area contributed by atoms with E-state index in [1.165, 1.54) is 24.3 Å². The molecule has 1 aromatic heterocycles. The van der Waals surface area contributed by atoms with E-state index in [1.807, 2.05) is 0 Å². The van der Waals surface area contributed by atoms with E-state index in [9.17, 15) is 18.0 Å². The van der Waals surface area contributed by atoms with Gasteiger partial charge in [-0.25, -0.2) is 0 Å². The lowest BCUT2D eigenvalue weighted by atomic mass is 10.1. The van der Waals surface area contributed by atoms with Crippen molar-refractivity contribution >= 4 is 11.6 Å². The number of aromatic nitrogens is 1. The Morgan fingerprint density at radius 3 is 2.47 bits per heavy atom. The number of anilines is 1. The maximum Gasteiger partial charge on any atom is 0.418 e. The van der Waals surface area contributed by atoms with Crippen LogP contribution >= 0.6 is 0 Å². The number of para-hydroxylation sites is 1. The van der Waals surface area contributed by atoms with Crippen LogP contribution in [0, 0.1) is 6.92 Å². The van der Waals surface area contributed by atoms with Crippen LogP contribution in [0.4, 0.5) is 18.9 Å². The number of hydrogen-bond donors (Lipinski definition) is 2. The second-order valence-electron chi connectivity index (χ2n) is 4.01. The fourth-order valence-electron chi connectivity index (χ4n) is 1.73. The molecular weight excluding hydrogens is 257 g/mol. The summed E-state index contributed by atoms with van der Waals surface area (Å²) in [5.41, 5.74) is -0.198. The molecule has 0 saturated heterocycles. The molecule has 0 aliphatic heterocycles. The van der Waals surface area contributed by atoms with Crippen LogP contribution in [-0.2, 0) is 6.18 Å². The van der Waals surface area contributed by atoms with Crippen molar-refractivity contribution in [2.75, 3.05) is 5.32 Å². The Balaban J connectivity index is 2.30. The highest BCUT2D eigenvalue weighted by atomic mass is 19.4. The van der Waals surface area contributed by atoms with Gasteiger partial charge in [0.2, 0.25) is 0 Å². The molecule has 0 atom stereocenters. The number of amides is 1. The smallest absolute Gasteiger partial charge is 0.365 e. The van der Waals surface area contributed by atoms with Gasteiger partial charge in [0.15, 0.2) is 0 Å². The number of hydrogen-bond acceptors (Lipinski definition) is 1. The number of nitrogens with one attached hydrogen (secondary N) is 2. The molecule has 2 rings (SSSR count). The molecule has 0 fully saturated rings. The minimum Gasteiger partial charge on any atom is -0.365 e. The van der Waals surface area contributed by atoms with Crippen LogP contribution in [-0.4, -0.2) is 10.9 Å². The normalized spacial score (nSPS) is 11.4. The van der Waals surface area contributed by atoms with E-state index in [0.717, 1.165) is 6.07 Å². The van der Waals surface area contributed by atoms with Crippen molar-refractivity contribution in [2.24, 2.45) is 0 Å². The minimum absolute atomic E-state index is 0.249. The highest BCUT2D eigenvalue weighted by Crippen LogP contribution is 2.34. The molecule has 1 aromatic carbocycles. The van der Waals surface area contributed by atoms with E-state index in [1.54, 1.807) is 13.1 Å². The van der Waals surface area contributed by atoms with Crippen LogP contribution in [0.3, 0.4) is 0 Å². The summed E-state index contributed by atoms with van der Waals surface area (Å²) < 4.78 is 38.3. The van der Waals surface area contributed by atoms with Crippen molar-refractivity contribution in [1.82, 2.24) is 4.98 Å². The highest BCUT2D eigenvalue weighted by molar-refractivity contribution is 6.05. The third-order valence-corrected chi connectivity index (χ3v) is 2.68. The summed E-state index contributed by atoms with van der Waals surface area (Å²) in [4.78, 5) is 14.7. The molecule has 0 saturated carbocycles. The molecule has 0 bridgehead atoms. The molecule has 0 aliphatic rings. The summed E-state index contributed by atoms with van der Waals surface area (Å²) in [7, 11) is 0. The van der Waals surface area contributed by atoms with Gasteiger partial charge in [-0.15, -0.1) is 0 Å². The molecule has 6 heteroatoms. The van der Waals surface area contributed by atoms with Gasteiger partial charge in [0, 0.05) is 11.9 Å². The third kappa shape index (κ3) is 2.78. The predicted molar refractivity (Wildman–Crippen MR) is 64.9 cm³/mol. The monoisotopic (exact) mass is 268 g/mol. The van der Waals surface area contributed by atoms with Gasteiger partial charge in [-0.3, -0.25) is 4.79 Å². The first kappa shape index (κ1) is 13.2. The van der Waals surface area contributed by atoms with Crippen molar-refractivity contribution in [2.45, 2.75) is 13.1 Å². The Kier molecular flexibility index (Phi) is 3.33. The number of aromatic amines is 1. The van der Waals surface area contributed by atoms with Crippen molar-refractivity contribution in [1.29, 1.82) is 0 Å². The Labute approximate surface area is 107 Å². The first-order valence-electron chi connectivity index (χ1n) is 5.51. The van der Waals surface area contributed by atoms with Gasteiger partial charge in [0.25, 0.3) is 5.91 Å². The number of halogens is 3. The molecule has 1 amide bonds. The lowest BCUT2D eigenvalue weighted by molar-refractivity contribution is -0.136. The number of rotatable bonds is 2. The van der Waals surface area contributed by atoms with Gasteiger partial charge in [-0.1, -0.05) is 12.1 Å². The van der Waals surface area contributed by atoms with Crippen molar-refractivity contribution in [3.8, 4) is 0 Å². The fraction of sp³-hybridized carbons (Fsp3) is 0.154. The molecular formula is C13H11F3N2O. The van der Waals surface area contributed by atoms with Crippen LogP contribution in [0.2, 0.25) is 0 Å². The maximum atomic E-state index is 12.8. The number of aryl methyl sites for hydroxylation is 1. The zero-order chi connectivity index (χ0) is 14.0. The Morgan fingerprint density at radius 1 is 1.21 bits per heavy atom. The molecule has 2 N–H and O–H groups in total. The van der Waals surface area contributed by atoms with E-state index in [2.05, 4.69) is 10.3 Å². The van der Waals surface area contributed by atoms with Crippen molar-refractivity contribution < 1.29 is 18.0 Å². The molecule has 1 heterocycles. The molecule has 3 nitrogen and oxygen atoms in total. The molecule has 2 aromatic rings. The average molecular weight is 268 g/mol. The van der Waals surface area contributed by atoms with E-state index in [0.29, 0.717) is 11.3 Å². The second-order valence-corrected chi connectivity index (χ2v) is 4.01. The maximum absolute atomic E-state index is 12.8. The quantitative estimate of drug-likeness (QED) is 0.858. The topological polar surface area (TPSA) is 44.9 Å². The van der Waals surface area contributed by atoms with Gasteiger partial charge in [-0.05, 0) is 25.1 Å².